The van der Waals surface area contributed by atoms with Crippen LogP contribution in [0.1, 0.15) is 44.7 Å². The highest BCUT2D eigenvalue weighted by Gasteiger charge is 2.29. The SMILES string of the molecule is CCn1nncc1C1CC(=O)CCC1C. The van der Waals surface area contributed by atoms with E-state index in [1.54, 1.807) is 0 Å². The van der Waals surface area contributed by atoms with Gasteiger partial charge >= 0.3 is 0 Å². The quantitative estimate of drug-likeness (QED) is 0.742. The van der Waals surface area contributed by atoms with E-state index in [4.69, 9.17) is 0 Å². The van der Waals surface area contributed by atoms with E-state index in [1.807, 2.05) is 17.8 Å². The van der Waals surface area contributed by atoms with Gasteiger partial charge in [0.1, 0.15) is 5.78 Å². The summed E-state index contributed by atoms with van der Waals surface area (Å²) in [7, 11) is 0. The Morgan fingerprint density at radius 3 is 3.13 bits per heavy atom. The Labute approximate surface area is 89.7 Å². The third-order valence-electron chi connectivity index (χ3n) is 3.34. The Bertz CT molecular complexity index is 358. The second kappa shape index (κ2) is 4.13. The molecule has 82 valence electrons. The lowest BCUT2D eigenvalue weighted by molar-refractivity contribution is -0.121. The molecule has 0 saturated heterocycles. The summed E-state index contributed by atoms with van der Waals surface area (Å²) in [5, 5.41) is 7.95. The Kier molecular flexibility index (Phi) is 2.84. The molecule has 0 aliphatic heterocycles. The Morgan fingerprint density at radius 2 is 2.40 bits per heavy atom. The summed E-state index contributed by atoms with van der Waals surface area (Å²) in [4.78, 5) is 11.5. The minimum Gasteiger partial charge on any atom is -0.300 e. The molecule has 1 aromatic heterocycles. The molecular formula is C11H17N3O. The molecule has 1 aliphatic carbocycles. The Balaban J connectivity index is 2.24. The van der Waals surface area contributed by atoms with Crippen molar-refractivity contribution in [1.29, 1.82) is 0 Å². The topological polar surface area (TPSA) is 47.8 Å². The number of rotatable bonds is 2. The lowest BCUT2D eigenvalue weighted by Gasteiger charge is -2.27. The smallest absolute Gasteiger partial charge is 0.133 e. The van der Waals surface area contributed by atoms with Gasteiger partial charge in [0.2, 0.25) is 0 Å². The van der Waals surface area contributed by atoms with Gasteiger partial charge in [0, 0.05) is 25.3 Å². The molecular weight excluding hydrogens is 190 g/mol. The van der Waals surface area contributed by atoms with Crippen molar-refractivity contribution in [3.63, 3.8) is 0 Å². The molecule has 1 saturated carbocycles. The number of aryl methyl sites for hydroxylation is 1. The van der Waals surface area contributed by atoms with Crippen LogP contribution in [0.5, 0.6) is 0 Å². The van der Waals surface area contributed by atoms with Crippen LogP contribution in [-0.2, 0) is 11.3 Å². The van der Waals surface area contributed by atoms with Gasteiger partial charge in [-0.25, -0.2) is 4.68 Å². The maximum absolute atomic E-state index is 11.5. The summed E-state index contributed by atoms with van der Waals surface area (Å²) >= 11 is 0. The number of carbonyl (C=O) groups excluding carboxylic acids is 1. The highest BCUT2D eigenvalue weighted by molar-refractivity contribution is 5.80. The van der Waals surface area contributed by atoms with Gasteiger partial charge in [-0.15, -0.1) is 5.10 Å². The molecule has 0 radical (unpaired) electrons. The summed E-state index contributed by atoms with van der Waals surface area (Å²) in [6.45, 7) is 5.09. The summed E-state index contributed by atoms with van der Waals surface area (Å²) in [5.41, 5.74) is 1.12. The van der Waals surface area contributed by atoms with Crippen LogP contribution in [-0.4, -0.2) is 20.8 Å². The average Bonchev–Trinajstić information content (AvgIpc) is 2.69. The van der Waals surface area contributed by atoms with Crippen LogP contribution in [0.2, 0.25) is 0 Å². The molecule has 1 aromatic rings. The highest BCUT2D eigenvalue weighted by Crippen LogP contribution is 2.35. The minimum atomic E-state index is 0.321. The fourth-order valence-electron chi connectivity index (χ4n) is 2.33. The zero-order valence-electron chi connectivity index (χ0n) is 9.31. The van der Waals surface area contributed by atoms with E-state index in [1.165, 1.54) is 0 Å². The number of aromatic nitrogens is 3. The first-order valence-electron chi connectivity index (χ1n) is 5.62. The zero-order valence-corrected chi connectivity index (χ0v) is 9.31. The molecule has 1 fully saturated rings. The molecule has 4 heteroatoms. The highest BCUT2D eigenvalue weighted by atomic mass is 16.1. The molecule has 1 aliphatic rings. The third kappa shape index (κ3) is 1.94. The van der Waals surface area contributed by atoms with E-state index in [-0.39, 0.29) is 0 Å². The zero-order chi connectivity index (χ0) is 10.8. The van der Waals surface area contributed by atoms with Crippen molar-refractivity contribution in [3.8, 4) is 0 Å². The van der Waals surface area contributed by atoms with E-state index >= 15 is 0 Å². The lowest BCUT2D eigenvalue weighted by atomic mass is 9.78. The molecule has 2 unspecified atom stereocenters. The number of hydrogen-bond donors (Lipinski definition) is 0. The predicted molar refractivity (Wildman–Crippen MR) is 56.5 cm³/mol. The van der Waals surface area contributed by atoms with Crippen molar-refractivity contribution in [1.82, 2.24) is 15.0 Å². The van der Waals surface area contributed by atoms with Gasteiger partial charge in [-0.1, -0.05) is 12.1 Å². The van der Waals surface area contributed by atoms with Gasteiger partial charge in [-0.2, -0.15) is 0 Å². The molecule has 4 nitrogen and oxygen atoms in total. The van der Waals surface area contributed by atoms with Gasteiger partial charge in [0.05, 0.1) is 11.9 Å². The van der Waals surface area contributed by atoms with Gasteiger partial charge in [-0.05, 0) is 19.3 Å². The molecule has 0 amide bonds. The van der Waals surface area contributed by atoms with Crippen molar-refractivity contribution in [2.45, 2.75) is 45.6 Å². The fourth-order valence-corrected chi connectivity index (χ4v) is 2.33. The summed E-state index contributed by atoms with van der Waals surface area (Å²) in [5.74, 6) is 1.26. The van der Waals surface area contributed by atoms with E-state index in [0.29, 0.717) is 24.0 Å². The molecule has 15 heavy (non-hydrogen) atoms. The molecule has 1 heterocycles. The van der Waals surface area contributed by atoms with E-state index in [2.05, 4.69) is 17.2 Å². The van der Waals surface area contributed by atoms with Crippen molar-refractivity contribution >= 4 is 5.78 Å². The monoisotopic (exact) mass is 207 g/mol. The van der Waals surface area contributed by atoms with Crippen LogP contribution in [0.15, 0.2) is 6.20 Å². The van der Waals surface area contributed by atoms with E-state index < -0.39 is 0 Å². The van der Waals surface area contributed by atoms with E-state index in [0.717, 1.165) is 25.1 Å². The van der Waals surface area contributed by atoms with Crippen molar-refractivity contribution in [3.05, 3.63) is 11.9 Å². The second-order valence-corrected chi connectivity index (χ2v) is 4.34. The maximum Gasteiger partial charge on any atom is 0.133 e. The fraction of sp³-hybridized carbons (Fsp3) is 0.727. The summed E-state index contributed by atoms with van der Waals surface area (Å²) in [6, 6.07) is 0. The van der Waals surface area contributed by atoms with Crippen molar-refractivity contribution in [2.75, 3.05) is 0 Å². The Morgan fingerprint density at radius 1 is 1.60 bits per heavy atom. The number of ketones is 1. The number of nitrogens with zero attached hydrogens (tertiary/aromatic N) is 3. The van der Waals surface area contributed by atoms with E-state index in [9.17, 15) is 4.79 Å². The maximum atomic E-state index is 11.5. The van der Waals surface area contributed by atoms with Crippen LogP contribution in [0.3, 0.4) is 0 Å². The van der Waals surface area contributed by atoms with Gasteiger partial charge in [0.15, 0.2) is 0 Å². The van der Waals surface area contributed by atoms with Crippen LogP contribution in [0.25, 0.3) is 0 Å². The first-order chi connectivity index (χ1) is 7.22. The number of carbonyl (C=O) groups is 1. The van der Waals surface area contributed by atoms with Crippen LogP contribution in [0.4, 0.5) is 0 Å². The molecule has 0 spiro atoms. The van der Waals surface area contributed by atoms with Gasteiger partial charge in [-0.3, -0.25) is 4.79 Å². The molecule has 0 aromatic carbocycles. The van der Waals surface area contributed by atoms with Crippen LogP contribution in [0, 0.1) is 5.92 Å². The summed E-state index contributed by atoms with van der Waals surface area (Å²) < 4.78 is 1.90. The third-order valence-corrected chi connectivity index (χ3v) is 3.34. The molecule has 0 bridgehead atoms. The minimum absolute atomic E-state index is 0.321. The molecule has 2 atom stereocenters. The summed E-state index contributed by atoms with van der Waals surface area (Å²) in [6.07, 6.45) is 4.21. The van der Waals surface area contributed by atoms with Crippen LogP contribution < -0.4 is 0 Å². The largest absolute Gasteiger partial charge is 0.300 e. The Hall–Kier alpha value is -1.19. The van der Waals surface area contributed by atoms with Gasteiger partial charge in [0.25, 0.3) is 0 Å². The number of hydrogen-bond acceptors (Lipinski definition) is 3. The van der Waals surface area contributed by atoms with Crippen LogP contribution >= 0.6 is 0 Å². The molecule has 2 rings (SSSR count). The van der Waals surface area contributed by atoms with Gasteiger partial charge < -0.3 is 0 Å². The first-order valence-corrected chi connectivity index (χ1v) is 5.62. The number of Topliss-reactive ketones (excluding diaryl/α,β-unsaturated/α-hetero) is 1. The standard InChI is InChI=1S/C11H17N3O/c1-3-14-11(7-12-13-14)10-6-9(15)5-4-8(10)2/h7-8,10H,3-6H2,1-2H3. The predicted octanol–water partition coefficient (Wildman–Crippen LogP) is 1.77. The first kappa shape index (κ1) is 10.3. The molecule has 0 N–H and O–H groups in total. The van der Waals surface area contributed by atoms with Crippen molar-refractivity contribution < 1.29 is 4.79 Å². The second-order valence-electron chi connectivity index (χ2n) is 4.34. The van der Waals surface area contributed by atoms with Crippen molar-refractivity contribution in [2.24, 2.45) is 5.92 Å². The average molecular weight is 207 g/mol. The lowest BCUT2D eigenvalue weighted by Crippen LogP contribution is -2.23. The normalized spacial score (nSPS) is 26.9.